The summed E-state index contributed by atoms with van der Waals surface area (Å²) >= 11 is 5.75. The number of amides is 1. The van der Waals surface area contributed by atoms with Crippen LogP contribution in [0.3, 0.4) is 0 Å². The first-order chi connectivity index (χ1) is 6.15. The maximum absolute atomic E-state index is 10.8. The summed E-state index contributed by atoms with van der Waals surface area (Å²) in [5.41, 5.74) is 6.11. The SMILES string of the molecule is N#CCc1ccc(C(N)=O)c(Cl)c1. The van der Waals surface area contributed by atoms with Gasteiger partial charge in [-0.25, -0.2) is 0 Å². The fourth-order valence-corrected chi connectivity index (χ4v) is 1.26. The molecule has 3 nitrogen and oxygen atoms in total. The normalized spacial score (nSPS) is 9.23. The molecule has 0 bridgehead atoms. The summed E-state index contributed by atoms with van der Waals surface area (Å²) in [5.74, 6) is -0.562. The Bertz CT molecular complexity index is 382. The Kier molecular flexibility index (Phi) is 2.88. The maximum Gasteiger partial charge on any atom is 0.250 e. The third kappa shape index (κ3) is 2.20. The highest BCUT2D eigenvalue weighted by atomic mass is 35.5. The van der Waals surface area contributed by atoms with Gasteiger partial charge in [-0.3, -0.25) is 4.79 Å². The Morgan fingerprint density at radius 3 is 2.77 bits per heavy atom. The molecule has 1 amide bonds. The van der Waals surface area contributed by atoms with Crippen LogP contribution in [0, 0.1) is 11.3 Å². The highest BCUT2D eigenvalue weighted by Gasteiger charge is 2.06. The molecule has 66 valence electrons. The Balaban J connectivity index is 3.07. The van der Waals surface area contributed by atoms with Crippen LogP contribution in [0.5, 0.6) is 0 Å². The van der Waals surface area contributed by atoms with Crippen molar-refractivity contribution in [2.24, 2.45) is 5.73 Å². The number of hydrogen-bond acceptors (Lipinski definition) is 2. The van der Waals surface area contributed by atoms with Crippen LogP contribution in [0.2, 0.25) is 5.02 Å². The molecule has 0 spiro atoms. The molecule has 0 atom stereocenters. The first-order valence-corrected chi connectivity index (χ1v) is 3.98. The molecule has 1 rings (SSSR count). The van der Waals surface area contributed by atoms with E-state index >= 15 is 0 Å². The summed E-state index contributed by atoms with van der Waals surface area (Å²) in [6, 6.07) is 6.75. The van der Waals surface area contributed by atoms with E-state index in [0.717, 1.165) is 5.56 Å². The van der Waals surface area contributed by atoms with Crippen molar-refractivity contribution in [2.45, 2.75) is 6.42 Å². The van der Waals surface area contributed by atoms with Crippen molar-refractivity contribution >= 4 is 17.5 Å². The molecular weight excluding hydrogens is 188 g/mol. The van der Waals surface area contributed by atoms with Crippen molar-refractivity contribution in [3.8, 4) is 6.07 Å². The fourth-order valence-electron chi connectivity index (χ4n) is 0.960. The number of nitrogens with two attached hydrogens (primary N) is 1. The lowest BCUT2D eigenvalue weighted by Gasteiger charge is -2.00. The second kappa shape index (κ2) is 3.92. The minimum atomic E-state index is -0.562. The van der Waals surface area contributed by atoms with Gasteiger partial charge >= 0.3 is 0 Å². The van der Waals surface area contributed by atoms with Gasteiger partial charge in [-0.2, -0.15) is 5.26 Å². The zero-order chi connectivity index (χ0) is 9.84. The predicted molar refractivity (Wildman–Crippen MR) is 49.3 cm³/mol. The van der Waals surface area contributed by atoms with Gasteiger partial charge in [0.2, 0.25) is 5.91 Å². The van der Waals surface area contributed by atoms with Gasteiger partial charge in [0.05, 0.1) is 23.1 Å². The van der Waals surface area contributed by atoms with E-state index in [9.17, 15) is 4.79 Å². The number of nitriles is 1. The number of carbonyl (C=O) groups excluding carboxylic acids is 1. The van der Waals surface area contributed by atoms with Gasteiger partial charge in [-0.05, 0) is 17.7 Å². The van der Waals surface area contributed by atoms with Gasteiger partial charge < -0.3 is 5.73 Å². The third-order valence-electron chi connectivity index (χ3n) is 1.58. The predicted octanol–water partition coefficient (Wildman–Crippen LogP) is 1.50. The van der Waals surface area contributed by atoms with Gasteiger partial charge in [0, 0.05) is 0 Å². The molecule has 0 heterocycles. The van der Waals surface area contributed by atoms with E-state index in [1.54, 1.807) is 12.1 Å². The molecule has 1 aromatic rings. The highest BCUT2D eigenvalue weighted by molar-refractivity contribution is 6.33. The van der Waals surface area contributed by atoms with E-state index in [4.69, 9.17) is 22.6 Å². The van der Waals surface area contributed by atoms with Gasteiger partial charge in [0.25, 0.3) is 0 Å². The van der Waals surface area contributed by atoms with Crippen molar-refractivity contribution in [3.63, 3.8) is 0 Å². The highest BCUT2D eigenvalue weighted by Crippen LogP contribution is 2.17. The monoisotopic (exact) mass is 194 g/mol. The summed E-state index contributed by atoms with van der Waals surface area (Å²) in [6.45, 7) is 0. The first kappa shape index (κ1) is 9.56. The molecule has 0 fully saturated rings. The number of carbonyl (C=O) groups is 1. The van der Waals surface area contributed by atoms with Crippen molar-refractivity contribution in [3.05, 3.63) is 34.3 Å². The molecule has 2 N–H and O–H groups in total. The van der Waals surface area contributed by atoms with E-state index in [0.29, 0.717) is 5.02 Å². The van der Waals surface area contributed by atoms with Gasteiger partial charge in [-0.1, -0.05) is 17.7 Å². The molecule has 0 aliphatic carbocycles. The summed E-state index contributed by atoms with van der Waals surface area (Å²) in [4.78, 5) is 10.8. The summed E-state index contributed by atoms with van der Waals surface area (Å²) in [5, 5.41) is 8.70. The zero-order valence-electron chi connectivity index (χ0n) is 6.75. The second-order valence-electron chi connectivity index (χ2n) is 2.51. The minimum absolute atomic E-state index is 0.277. The van der Waals surface area contributed by atoms with Crippen LogP contribution in [-0.4, -0.2) is 5.91 Å². The number of nitrogens with zero attached hydrogens (tertiary/aromatic N) is 1. The van der Waals surface area contributed by atoms with Crippen molar-refractivity contribution in [1.29, 1.82) is 5.26 Å². The van der Waals surface area contributed by atoms with Crippen LogP contribution in [0.4, 0.5) is 0 Å². The molecule has 0 aliphatic rings. The van der Waals surface area contributed by atoms with Gasteiger partial charge in [-0.15, -0.1) is 0 Å². The largest absolute Gasteiger partial charge is 0.366 e. The fraction of sp³-hybridized carbons (Fsp3) is 0.111. The molecule has 0 saturated carbocycles. The van der Waals surface area contributed by atoms with Crippen LogP contribution in [0.1, 0.15) is 15.9 Å². The molecule has 1 aromatic carbocycles. The molecule has 4 heteroatoms. The number of rotatable bonds is 2. The van der Waals surface area contributed by atoms with E-state index in [2.05, 4.69) is 0 Å². The second-order valence-corrected chi connectivity index (χ2v) is 2.92. The average molecular weight is 195 g/mol. The standard InChI is InChI=1S/C9H7ClN2O/c10-8-5-6(3-4-11)1-2-7(8)9(12)13/h1-2,5H,3H2,(H2,12,13). The Labute approximate surface area is 80.7 Å². The van der Waals surface area contributed by atoms with Gasteiger partial charge in [0.15, 0.2) is 0 Å². The molecule has 13 heavy (non-hydrogen) atoms. The Hall–Kier alpha value is -1.53. The van der Waals surface area contributed by atoms with Crippen molar-refractivity contribution < 1.29 is 4.79 Å². The van der Waals surface area contributed by atoms with Crippen LogP contribution >= 0.6 is 11.6 Å². The van der Waals surface area contributed by atoms with Crippen molar-refractivity contribution in [2.75, 3.05) is 0 Å². The van der Waals surface area contributed by atoms with Gasteiger partial charge in [0.1, 0.15) is 0 Å². The van der Waals surface area contributed by atoms with Crippen LogP contribution < -0.4 is 5.73 Å². The lowest BCUT2D eigenvalue weighted by molar-refractivity contribution is 0.100. The number of benzene rings is 1. The molecule has 0 aliphatic heterocycles. The molecule has 0 aromatic heterocycles. The molecule has 0 radical (unpaired) electrons. The van der Waals surface area contributed by atoms with E-state index in [1.165, 1.54) is 6.07 Å². The maximum atomic E-state index is 10.8. The Morgan fingerprint density at radius 1 is 1.62 bits per heavy atom. The third-order valence-corrected chi connectivity index (χ3v) is 1.89. The lowest BCUT2D eigenvalue weighted by Crippen LogP contribution is -2.11. The lowest BCUT2D eigenvalue weighted by atomic mass is 10.1. The zero-order valence-corrected chi connectivity index (χ0v) is 7.51. The number of hydrogen-bond donors (Lipinski definition) is 1. The summed E-state index contributed by atoms with van der Waals surface area (Å²) in [6.07, 6.45) is 0.277. The molecule has 0 unspecified atom stereocenters. The van der Waals surface area contributed by atoms with E-state index in [-0.39, 0.29) is 12.0 Å². The van der Waals surface area contributed by atoms with E-state index in [1.807, 2.05) is 6.07 Å². The minimum Gasteiger partial charge on any atom is -0.366 e. The van der Waals surface area contributed by atoms with Crippen LogP contribution in [0.15, 0.2) is 18.2 Å². The number of halogens is 1. The van der Waals surface area contributed by atoms with E-state index < -0.39 is 5.91 Å². The summed E-state index contributed by atoms with van der Waals surface area (Å²) in [7, 11) is 0. The van der Waals surface area contributed by atoms with Crippen LogP contribution in [0.25, 0.3) is 0 Å². The topological polar surface area (TPSA) is 66.9 Å². The van der Waals surface area contributed by atoms with Crippen LogP contribution in [-0.2, 0) is 6.42 Å². The summed E-state index contributed by atoms with van der Waals surface area (Å²) < 4.78 is 0. The van der Waals surface area contributed by atoms with Crippen molar-refractivity contribution in [1.82, 2.24) is 0 Å². The average Bonchev–Trinajstić information content (AvgIpc) is 2.04. The Morgan fingerprint density at radius 2 is 2.31 bits per heavy atom. The molecule has 0 saturated heterocycles. The smallest absolute Gasteiger partial charge is 0.250 e. The first-order valence-electron chi connectivity index (χ1n) is 3.60. The quantitative estimate of drug-likeness (QED) is 0.776. The molecular formula is C9H7ClN2O. The number of primary amides is 1.